The minimum absolute atomic E-state index is 0.275. The largest absolute Gasteiger partial charge is 0.478 e. The third-order valence-electron chi connectivity index (χ3n) is 4.47. The number of rotatable bonds is 9. The van der Waals surface area contributed by atoms with E-state index in [-0.39, 0.29) is 5.37 Å². The van der Waals surface area contributed by atoms with Crippen molar-refractivity contribution in [3.8, 4) is 0 Å². The van der Waals surface area contributed by atoms with E-state index in [2.05, 4.69) is 13.8 Å². The van der Waals surface area contributed by atoms with Crippen LogP contribution < -0.4 is 0 Å². The molecular weight excluding hydrogens is 387 g/mol. The Morgan fingerprint density at radius 3 is 2.71 bits per heavy atom. The topological polar surface area (TPSA) is 40.5 Å². The Balaban J connectivity index is 1.94. The molecule has 2 rings (SSSR count). The summed E-state index contributed by atoms with van der Waals surface area (Å²) < 4.78 is 38.4. The minimum atomic E-state index is -4.34. The summed E-state index contributed by atoms with van der Waals surface area (Å²) in [6.07, 6.45) is 3.12. The highest BCUT2D eigenvalue weighted by Gasteiger charge is 2.30. The summed E-state index contributed by atoms with van der Waals surface area (Å²) in [4.78, 5) is 13.6. The monoisotopic (exact) mass is 413 g/mol. The molecule has 1 aromatic rings. The summed E-state index contributed by atoms with van der Waals surface area (Å²) in [6, 6.07) is 5.38. The minimum Gasteiger partial charge on any atom is -0.478 e. The quantitative estimate of drug-likeness (QED) is 0.536. The summed E-state index contributed by atoms with van der Waals surface area (Å²) in [6.45, 7) is 5.02. The van der Waals surface area contributed by atoms with Crippen molar-refractivity contribution in [3.05, 3.63) is 59.3 Å². The lowest BCUT2D eigenvalue weighted by Crippen LogP contribution is -2.35. The predicted molar refractivity (Wildman–Crippen MR) is 107 cm³/mol. The van der Waals surface area contributed by atoms with Crippen molar-refractivity contribution < 1.29 is 23.1 Å². The van der Waals surface area contributed by atoms with Gasteiger partial charge in [-0.05, 0) is 54.7 Å². The average molecular weight is 414 g/mol. The summed E-state index contributed by atoms with van der Waals surface area (Å²) >= 11 is 1.53. The Hall–Kier alpha value is -1.89. The van der Waals surface area contributed by atoms with Crippen molar-refractivity contribution in [3.63, 3.8) is 0 Å². The Kier molecular flexibility index (Phi) is 8.04. The zero-order valence-corrected chi connectivity index (χ0v) is 16.9. The first kappa shape index (κ1) is 22.4. The molecule has 0 radical (unpaired) electrons. The zero-order chi connectivity index (χ0) is 20.7. The number of allylic oxidation sites excluding steroid dienone is 2. The maximum absolute atomic E-state index is 12.8. The molecule has 28 heavy (non-hydrogen) atoms. The van der Waals surface area contributed by atoms with E-state index >= 15 is 0 Å². The van der Waals surface area contributed by atoms with Gasteiger partial charge in [-0.25, -0.2) is 4.79 Å². The average Bonchev–Trinajstić information content (AvgIpc) is 2.63. The van der Waals surface area contributed by atoms with E-state index in [0.717, 1.165) is 19.0 Å². The number of hydrogen-bond donors (Lipinski definition) is 1. The van der Waals surface area contributed by atoms with Gasteiger partial charge in [0.05, 0.1) is 11.1 Å². The number of thioether (sulfide) groups is 1. The fraction of sp³-hybridized carbons (Fsp3) is 0.476. The number of nitrogens with zero attached hydrogens (tertiary/aromatic N) is 1. The maximum atomic E-state index is 12.8. The van der Waals surface area contributed by atoms with Gasteiger partial charge in [0.15, 0.2) is 0 Å². The third-order valence-corrected chi connectivity index (χ3v) is 5.84. The summed E-state index contributed by atoms with van der Waals surface area (Å²) in [5.41, 5.74) is 0.353. The molecule has 1 aromatic carbocycles. The molecule has 1 aliphatic rings. The van der Waals surface area contributed by atoms with Crippen LogP contribution in [-0.4, -0.2) is 33.6 Å². The van der Waals surface area contributed by atoms with Gasteiger partial charge >= 0.3 is 12.1 Å². The molecule has 0 spiro atoms. The molecule has 1 atom stereocenters. The zero-order valence-electron chi connectivity index (χ0n) is 16.1. The molecule has 1 N–H and O–H groups in total. The highest BCUT2D eigenvalue weighted by atomic mass is 32.2. The molecule has 0 aromatic heterocycles. The molecule has 1 unspecified atom stereocenters. The Bertz CT molecular complexity index is 729. The number of alkyl halides is 3. The van der Waals surface area contributed by atoms with Crippen molar-refractivity contribution in [2.45, 2.75) is 44.7 Å². The van der Waals surface area contributed by atoms with Crippen LogP contribution in [0.25, 0.3) is 0 Å². The van der Waals surface area contributed by atoms with E-state index in [1.807, 2.05) is 11.1 Å². The van der Waals surface area contributed by atoms with Gasteiger partial charge in [-0.2, -0.15) is 13.2 Å². The molecule has 3 nitrogen and oxygen atoms in total. The summed E-state index contributed by atoms with van der Waals surface area (Å²) in [5, 5.41) is 9.22. The third kappa shape index (κ3) is 6.62. The molecule has 0 bridgehead atoms. The smallest absolute Gasteiger partial charge is 0.416 e. The Labute approximate surface area is 168 Å². The van der Waals surface area contributed by atoms with E-state index in [1.54, 1.807) is 18.2 Å². The lowest BCUT2D eigenvalue weighted by atomic mass is 10.1. The number of carboxylic acid groups (broad SMARTS) is 1. The van der Waals surface area contributed by atoms with Crippen molar-refractivity contribution in [1.29, 1.82) is 0 Å². The second-order valence-electron chi connectivity index (χ2n) is 7.21. The van der Waals surface area contributed by atoms with Gasteiger partial charge in [0.25, 0.3) is 0 Å². The highest BCUT2D eigenvalue weighted by molar-refractivity contribution is 8.00. The van der Waals surface area contributed by atoms with Crippen molar-refractivity contribution in [1.82, 2.24) is 4.90 Å². The van der Waals surface area contributed by atoms with Crippen molar-refractivity contribution in [2.75, 3.05) is 12.3 Å². The number of hydrogen-bond acceptors (Lipinski definition) is 3. The molecule has 0 fully saturated rings. The van der Waals surface area contributed by atoms with Crippen molar-refractivity contribution in [2.24, 2.45) is 5.92 Å². The van der Waals surface area contributed by atoms with Crippen LogP contribution in [0.2, 0.25) is 0 Å². The molecule has 154 valence electrons. The van der Waals surface area contributed by atoms with Crippen LogP contribution in [0, 0.1) is 5.92 Å². The SMILES string of the molecule is CC(C)CCN1C=CC=C(C(=O)O)C1SCCCc1cccc(C(F)(F)F)c1. The molecule has 1 aliphatic heterocycles. The normalized spacial score (nSPS) is 17.1. The number of aliphatic carboxylic acids is 1. The van der Waals surface area contributed by atoms with Gasteiger partial charge in [0.2, 0.25) is 0 Å². The number of carbonyl (C=O) groups is 1. The molecule has 0 saturated carbocycles. The lowest BCUT2D eigenvalue weighted by Gasteiger charge is -2.33. The van der Waals surface area contributed by atoms with Crippen LogP contribution in [0.5, 0.6) is 0 Å². The van der Waals surface area contributed by atoms with E-state index < -0.39 is 17.7 Å². The van der Waals surface area contributed by atoms with Crippen LogP contribution in [-0.2, 0) is 17.4 Å². The fourth-order valence-electron chi connectivity index (χ4n) is 2.93. The van der Waals surface area contributed by atoms with Gasteiger partial charge in [0.1, 0.15) is 5.37 Å². The number of aryl methyl sites for hydroxylation is 1. The van der Waals surface area contributed by atoms with E-state index in [1.165, 1.54) is 23.9 Å². The second-order valence-corrected chi connectivity index (χ2v) is 8.40. The van der Waals surface area contributed by atoms with Crippen LogP contribution >= 0.6 is 11.8 Å². The molecule has 7 heteroatoms. The van der Waals surface area contributed by atoms with Gasteiger partial charge in [-0.1, -0.05) is 32.0 Å². The van der Waals surface area contributed by atoms with E-state index in [9.17, 15) is 23.1 Å². The number of benzene rings is 1. The summed E-state index contributed by atoms with van der Waals surface area (Å²) in [7, 11) is 0. The first-order valence-electron chi connectivity index (χ1n) is 9.33. The first-order valence-corrected chi connectivity index (χ1v) is 10.4. The van der Waals surface area contributed by atoms with Crippen LogP contribution in [0.3, 0.4) is 0 Å². The number of halogens is 3. The Morgan fingerprint density at radius 2 is 2.07 bits per heavy atom. The molecule has 0 saturated heterocycles. The van der Waals surface area contributed by atoms with Crippen LogP contribution in [0.15, 0.2) is 48.2 Å². The van der Waals surface area contributed by atoms with Gasteiger partial charge in [-0.3, -0.25) is 0 Å². The van der Waals surface area contributed by atoms with Crippen LogP contribution in [0.4, 0.5) is 13.2 Å². The first-order chi connectivity index (χ1) is 13.2. The number of carboxylic acids is 1. The Morgan fingerprint density at radius 1 is 1.32 bits per heavy atom. The van der Waals surface area contributed by atoms with Gasteiger partial charge < -0.3 is 10.0 Å². The van der Waals surface area contributed by atoms with E-state index in [0.29, 0.717) is 35.6 Å². The van der Waals surface area contributed by atoms with E-state index in [4.69, 9.17) is 0 Å². The highest BCUT2D eigenvalue weighted by Crippen LogP contribution is 2.31. The van der Waals surface area contributed by atoms with Crippen LogP contribution in [0.1, 0.15) is 37.8 Å². The molecule has 0 aliphatic carbocycles. The lowest BCUT2D eigenvalue weighted by molar-refractivity contribution is -0.137. The summed E-state index contributed by atoms with van der Waals surface area (Å²) in [5.74, 6) is 0.241. The van der Waals surface area contributed by atoms with Crippen molar-refractivity contribution >= 4 is 17.7 Å². The maximum Gasteiger partial charge on any atom is 0.416 e. The fourth-order valence-corrected chi connectivity index (χ4v) is 4.19. The standard InChI is InChI=1S/C21H26F3NO2S/c1-15(2)10-12-25-11-4-9-18(20(26)27)19(25)28-13-5-7-16-6-3-8-17(14-16)21(22,23)24/h3-4,6,8-9,11,14-15,19H,5,7,10,12-13H2,1-2H3,(H,26,27). The predicted octanol–water partition coefficient (Wildman–Crippen LogP) is 5.58. The molecule has 1 heterocycles. The molecular formula is C21H26F3NO2S. The van der Waals surface area contributed by atoms with Gasteiger partial charge in [0, 0.05) is 12.7 Å². The molecule has 0 amide bonds. The second kappa shape index (κ2) is 10.0. The van der Waals surface area contributed by atoms with Gasteiger partial charge in [-0.15, -0.1) is 11.8 Å².